The number of thiazole rings is 1. The van der Waals surface area contributed by atoms with Gasteiger partial charge in [-0.05, 0) is 24.6 Å². The molecule has 0 aliphatic heterocycles. The van der Waals surface area contributed by atoms with Crippen molar-refractivity contribution in [2.45, 2.75) is 13.0 Å². The normalized spacial score (nSPS) is 11.8. The van der Waals surface area contributed by atoms with Gasteiger partial charge in [0, 0.05) is 35.1 Å². The van der Waals surface area contributed by atoms with Crippen LogP contribution in [0.15, 0.2) is 53.9 Å². The van der Waals surface area contributed by atoms with Crippen LogP contribution in [0.5, 0.6) is 0 Å². The van der Waals surface area contributed by atoms with Crippen LogP contribution in [0.1, 0.15) is 29.0 Å². The summed E-state index contributed by atoms with van der Waals surface area (Å²) in [5, 5.41) is 14.0. The van der Waals surface area contributed by atoms with Crippen molar-refractivity contribution in [1.29, 1.82) is 0 Å². The van der Waals surface area contributed by atoms with Crippen molar-refractivity contribution in [2.75, 3.05) is 7.05 Å². The molecular weight excluding hydrogens is 386 g/mol. The third-order valence-corrected chi connectivity index (χ3v) is 5.42. The van der Waals surface area contributed by atoms with Gasteiger partial charge in [-0.25, -0.2) is 4.98 Å². The predicted octanol–water partition coefficient (Wildman–Crippen LogP) is 5.20. The SMILES string of the molecule is C[C@H](c1cccc([N+](=O)[O-])c1)N(C)C(=O)c1csc(-c2ccc(Cl)cc2)n1. The van der Waals surface area contributed by atoms with Gasteiger partial charge in [-0.2, -0.15) is 0 Å². The number of hydrogen-bond acceptors (Lipinski definition) is 5. The molecule has 8 heteroatoms. The van der Waals surface area contributed by atoms with E-state index in [9.17, 15) is 14.9 Å². The summed E-state index contributed by atoms with van der Waals surface area (Å²) in [5.74, 6) is -0.245. The van der Waals surface area contributed by atoms with Crippen LogP contribution in [0.25, 0.3) is 10.6 Å². The van der Waals surface area contributed by atoms with Gasteiger partial charge >= 0.3 is 0 Å². The zero-order valence-corrected chi connectivity index (χ0v) is 16.2. The average molecular weight is 402 g/mol. The van der Waals surface area contributed by atoms with Gasteiger partial charge in [0.15, 0.2) is 0 Å². The standard InChI is InChI=1S/C19H16ClN3O3S/c1-12(14-4-3-5-16(10-14)23(25)26)22(2)19(24)17-11-27-18(21-17)13-6-8-15(20)9-7-13/h3-12H,1-2H3/t12-/m1/s1. The van der Waals surface area contributed by atoms with Crippen LogP contribution in [0.4, 0.5) is 5.69 Å². The second-order valence-corrected chi connectivity index (χ2v) is 7.28. The Labute approximate surface area is 165 Å². The molecule has 27 heavy (non-hydrogen) atoms. The van der Waals surface area contributed by atoms with Crippen LogP contribution >= 0.6 is 22.9 Å². The second-order valence-electron chi connectivity index (χ2n) is 5.99. The maximum absolute atomic E-state index is 12.8. The predicted molar refractivity (Wildman–Crippen MR) is 106 cm³/mol. The van der Waals surface area contributed by atoms with Crippen molar-refractivity contribution in [3.8, 4) is 10.6 Å². The van der Waals surface area contributed by atoms with Crippen LogP contribution in [0.2, 0.25) is 5.02 Å². The van der Waals surface area contributed by atoms with Gasteiger partial charge in [0.25, 0.3) is 11.6 Å². The Balaban J connectivity index is 1.80. The molecule has 0 aliphatic carbocycles. The van der Waals surface area contributed by atoms with E-state index < -0.39 is 4.92 Å². The molecule has 138 valence electrons. The minimum atomic E-state index is -0.448. The van der Waals surface area contributed by atoms with Gasteiger partial charge in [-0.1, -0.05) is 35.9 Å². The fourth-order valence-electron chi connectivity index (χ4n) is 2.58. The van der Waals surface area contributed by atoms with Crippen LogP contribution in [-0.2, 0) is 0 Å². The maximum Gasteiger partial charge on any atom is 0.273 e. The molecule has 0 saturated heterocycles. The summed E-state index contributed by atoms with van der Waals surface area (Å²) in [5.41, 5.74) is 1.91. The number of nitro benzene ring substituents is 1. The first-order chi connectivity index (χ1) is 12.9. The Kier molecular flexibility index (Phi) is 5.53. The number of non-ortho nitro benzene ring substituents is 1. The number of aromatic nitrogens is 1. The Morgan fingerprint density at radius 2 is 1.96 bits per heavy atom. The molecule has 0 saturated carbocycles. The maximum atomic E-state index is 12.8. The molecular formula is C19H16ClN3O3S. The van der Waals surface area contributed by atoms with E-state index in [-0.39, 0.29) is 17.6 Å². The van der Waals surface area contributed by atoms with E-state index in [0.29, 0.717) is 16.3 Å². The minimum absolute atomic E-state index is 0.00104. The Bertz CT molecular complexity index is 988. The number of halogens is 1. The molecule has 1 atom stereocenters. The van der Waals surface area contributed by atoms with Gasteiger partial charge in [-0.15, -0.1) is 11.3 Å². The van der Waals surface area contributed by atoms with Crippen LogP contribution < -0.4 is 0 Å². The summed E-state index contributed by atoms with van der Waals surface area (Å²) in [6.07, 6.45) is 0. The number of benzene rings is 2. The first kappa shape index (κ1) is 19.0. The summed E-state index contributed by atoms with van der Waals surface area (Å²) in [6.45, 7) is 1.82. The Hall–Kier alpha value is -2.77. The highest BCUT2D eigenvalue weighted by Gasteiger charge is 2.22. The number of carbonyl (C=O) groups excluding carboxylic acids is 1. The van der Waals surface area contributed by atoms with Crippen LogP contribution in [0, 0.1) is 10.1 Å². The lowest BCUT2D eigenvalue weighted by atomic mass is 10.1. The molecule has 3 aromatic rings. The lowest BCUT2D eigenvalue weighted by molar-refractivity contribution is -0.384. The summed E-state index contributed by atoms with van der Waals surface area (Å²) < 4.78 is 0. The van der Waals surface area contributed by atoms with Gasteiger partial charge < -0.3 is 4.90 Å². The van der Waals surface area contributed by atoms with E-state index in [2.05, 4.69) is 4.98 Å². The van der Waals surface area contributed by atoms with E-state index in [1.165, 1.54) is 28.4 Å². The number of nitro groups is 1. The van der Waals surface area contributed by atoms with E-state index >= 15 is 0 Å². The van der Waals surface area contributed by atoms with Crippen molar-refractivity contribution in [3.05, 3.63) is 80.3 Å². The Morgan fingerprint density at radius 1 is 1.26 bits per heavy atom. The highest BCUT2D eigenvalue weighted by molar-refractivity contribution is 7.13. The number of amides is 1. The molecule has 0 N–H and O–H groups in total. The first-order valence-electron chi connectivity index (χ1n) is 8.10. The highest BCUT2D eigenvalue weighted by Crippen LogP contribution is 2.28. The van der Waals surface area contributed by atoms with E-state index in [1.807, 2.05) is 19.1 Å². The fourth-order valence-corrected chi connectivity index (χ4v) is 3.50. The zero-order valence-electron chi connectivity index (χ0n) is 14.6. The quantitative estimate of drug-likeness (QED) is 0.434. The topological polar surface area (TPSA) is 76.3 Å². The molecule has 1 aromatic heterocycles. The van der Waals surface area contributed by atoms with Crippen molar-refractivity contribution in [1.82, 2.24) is 9.88 Å². The molecule has 0 unspecified atom stereocenters. The molecule has 2 aromatic carbocycles. The largest absolute Gasteiger partial charge is 0.334 e. The smallest absolute Gasteiger partial charge is 0.273 e. The molecule has 6 nitrogen and oxygen atoms in total. The number of nitrogens with zero attached hydrogens (tertiary/aromatic N) is 3. The molecule has 1 amide bonds. The van der Waals surface area contributed by atoms with Crippen molar-refractivity contribution in [2.24, 2.45) is 0 Å². The molecule has 1 heterocycles. The lowest BCUT2D eigenvalue weighted by Crippen LogP contribution is -2.29. The molecule has 0 spiro atoms. The second kappa shape index (κ2) is 7.85. The average Bonchev–Trinajstić information content (AvgIpc) is 3.17. The monoisotopic (exact) mass is 401 g/mol. The van der Waals surface area contributed by atoms with Gasteiger partial charge in [0.05, 0.1) is 11.0 Å². The summed E-state index contributed by atoms with van der Waals surface area (Å²) in [4.78, 5) is 29.3. The molecule has 0 aliphatic rings. The van der Waals surface area contributed by atoms with Crippen LogP contribution in [0.3, 0.4) is 0 Å². The van der Waals surface area contributed by atoms with Gasteiger partial charge in [-0.3, -0.25) is 14.9 Å². The summed E-state index contributed by atoms with van der Waals surface area (Å²) in [7, 11) is 1.66. The highest BCUT2D eigenvalue weighted by atomic mass is 35.5. The molecule has 0 radical (unpaired) electrons. The zero-order chi connectivity index (χ0) is 19.6. The third kappa shape index (κ3) is 4.15. The van der Waals surface area contributed by atoms with Gasteiger partial charge in [0.2, 0.25) is 0 Å². The van der Waals surface area contributed by atoms with Crippen molar-refractivity contribution < 1.29 is 9.72 Å². The first-order valence-corrected chi connectivity index (χ1v) is 9.35. The number of carbonyl (C=O) groups is 1. The van der Waals surface area contributed by atoms with Crippen LogP contribution in [-0.4, -0.2) is 27.8 Å². The fraction of sp³-hybridized carbons (Fsp3) is 0.158. The minimum Gasteiger partial charge on any atom is -0.334 e. The molecule has 0 bridgehead atoms. The number of hydrogen-bond donors (Lipinski definition) is 0. The van der Waals surface area contributed by atoms with Crippen molar-refractivity contribution >= 4 is 34.5 Å². The third-order valence-electron chi connectivity index (χ3n) is 4.28. The number of rotatable bonds is 5. The van der Waals surface area contributed by atoms with E-state index in [4.69, 9.17) is 11.6 Å². The molecule has 3 rings (SSSR count). The van der Waals surface area contributed by atoms with Gasteiger partial charge in [0.1, 0.15) is 10.7 Å². The summed E-state index contributed by atoms with van der Waals surface area (Å²) in [6, 6.07) is 13.2. The molecule has 0 fully saturated rings. The van der Waals surface area contributed by atoms with E-state index in [1.54, 1.807) is 36.7 Å². The van der Waals surface area contributed by atoms with Crippen molar-refractivity contribution in [3.63, 3.8) is 0 Å². The Morgan fingerprint density at radius 3 is 2.63 bits per heavy atom. The van der Waals surface area contributed by atoms with E-state index in [0.717, 1.165) is 10.6 Å². The lowest BCUT2D eigenvalue weighted by Gasteiger charge is -2.24. The summed E-state index contributed by atoms with van der Waals surface area (Å²) >= 11 is 7.28.